The molecule has 136 valence electrons. The van der Waals surface area contributed by atoms with Gasteiger partial charge in [-0.15, -0.1) is 10.2 Å². The standard InChI is InChI=1S/C18H22N6O2/c1-3-6-12(2)26-15-8-5-4-7-13(15)23-24-14-9-10-16(22-18(14)20)21-17(25)11-19/h4-5,7-10H,2-3,6,11,19H2,1H3,(H3,20,21,22,25)/b24-23+. The van der Waals surface area contributed by atoms with Crippen LogP contribution < -0.4 is 21.5 Å². The second kappa shape index (κ2) is 9.28. The van der Waals surface area contributed by atoms with Gasteiger partial charge in [0.1, 0.15) is 17.2 Å². The molecule has 8 heteroatoms. The van der Waals surface area contributed by atoms with Crippen molar-refractivity contribution < 1.29 is 9.53 Å². The number of hydrogen-bond acceptors (Lipinski definition) is 7. The van der Waals surface area contributed by atoms with Gasteiger partial charge in [0.2, 0.25) is 5.91 Å². The van der Waals surface area contributed by atoms with E-state index in [4.69, 9.17) is 16.2 Å². The molecule has 1 amide bonds. The molecule has 26 heavy (non-hydrogen) atoms. The van der Waals surface area contributed by atoms with E-state index in [2.05, 4.69) is 34.0 Å². The quantitative estimate of drug-likeness (QED) is 0.492. The molecule has 0 aliphatic rings. The summed E-state index contributed by atoms with van der Waals surface area (Å²) in [7, 11) is 0. The van der Waals surface area contributed by atoms with Gasteiger partial charge >= 0.3 is 0 Å². The maximum absolute atomic E-state index is 11.3. The van der Waals surface area contributed by atoms with Crippen molar-refractivity contribution in [1.29, 1.82) is 0 Å². The summed E-state index contributed by atoms with van der Waals surface area (Å²) in [4.78, 5) is 15.3. The molecule has 1 aromatic heterocycles. The lowest BCUT2D eigenvalue weighted by molar-refractivity contribution is -0.114. The van der Waals surface area contributed by atoms with E-state index in [0.29, 0.717) is 28.7 Å². The monoisotopic (exact) mass is 354 g/mol. The number of pyridine rings is 1. The third-order valence-electron chi connectivity index (χ3n) is 3.27. The van der Waals surface area contributed by atoms with Gasteiger partial charge in [-0.2, -0.15) is 0 Å². The van der Waals surface area contributed by atoms with E-state index in [9.17, 15) is 4.79 Å². The number of nitrogens with two attached hydrogens (primary N) is 2. The molecule has 0 saturated carbocycles. The van der Waals surface area contributed by atoms with E-state index < -0.39 is 0 Å². The van der Waals surface area contributed by atoms with E-state index in [-0.39, 0.29) is 18.3 Å². The number of amides is 1. The van der Waals surface area contributed by atoms with Crippen LogP contribution in [0.2, 0.25) is 0 Å². The molecule has 8 nitrogen and oxygen atoms in total. The van der Waals surface area contributed by atoms with E-state index >= 15 is 0 Å². The van der Waals surface area contributed by atoms with Crippen molar-refractivity contribution in [2.45, 2.75) is 19.8 Å². The molecular formula is C18H22N6O2. The fourth-order valence-electron chi connectivity index (χ4n) is 2.03. The minimum Gasteiger partial charge on any atom is -0.460 e. The number of nitrogen functional groups attached to an aromatic ring is 1. The van der Waals surface area contributed by atoms with Crippen LogP contribution in [0, 0.1) is 0 Å². The Morgan fingerprint density at radius 3 is 2.65 bits per heavy atom. The number of anilines is 2. The number of allylic oxidation sites excluding steroid dienone is 1. The second-order valence-corrected chi connectivity index (χ2v) is 5.41. The predicted octanol–water partition coefficient (Wildman–Crippen LogP) is 3.67. The third-order valence-corrected chi connectivity index (χ3v) is 3.27. The highest BCUT2D eigenvalue weighted by molar-refractivity contribution is 5.91. The van der Waals surface area contributed by atoms with Gasteiger partial charge in [0.25, 0.3) is 0 Å². The number of benzene rings is 1. The van der Waals surface area contributed by atoms with Crippen LogP contribution in [0.3, 0.4) is 0 Å². The van der Waals surface area contributed by atoms with Gasteiger partial charge in [0, 0.05) is 6.42 Å². The summed E-state index contributed by atoms with van der Waals surface area (Å²) in [5, 5.41) is 10.8. The van der Waals surface area contributed by atoms with Crippen molar-refractivity contribution in [3.05, 3.63) is 48.7 Å². The number of carbonyl (C=O) groups is 1. The van der Waals surface area contributed by atoms with Gasteiger partial charge in [0.05, 0.1) is 12.3 Å². The van der Waals surface area contributed by atoms with Crippen LogP contribution in [0.4, 0.5) is 23.0 Å². The second-order valence-electron chi connectivity index (χ2n) is 5.41. The van der Waals surface area contributed by atoms with E-state index in [1.807, 2.05) is 12.1 Å². The number of aromatic nitrogens is 1. The Morgan fingerprint density at radius 2 is 1.96 bits per heavy atom. The highest BCUT2D eigenvalue weighted by Gasteiger charge is 2.07. The average Bonchev–Trinajstić information content (AvgIpc) is 2.62. The van der Waals surface area contributed by atoms with Crippen LogP contribution in [-0.2, 0) is 4.79 Å². The van der Waals surface area contributed by atoms with Gasteiger partial charge in [-0.05, 0) is 30.7 Å². The van der Waals surface area contributed by atoms with Crippen LogP contribution in [0.5, 0.6) is 5.75 Å². The Hall–Kier alpha value is -3.26. The molecular weight excluding hydrogens is 332 g/mol. The van der Waals surface area contributed by atoms with Crippen molar-refractivity contribution in [3.8, 4) is 5.75 Å². The topological polar surface area (TPSA) is 128 Å². The van der Waals surface area contributed by atoms with Crippen LogP contribution in [0.1, 0.15) is 19.8 Å². The SMILES string of the molecule is C=C(CCC)Oc1ccccc1/N=N/c1ccc(NC(=O)CN)nc1N. The van der Waals surface area contributed by atoms with Gasteiger partial charge < -0.3 is 21.5 Å². The summed E-state index contributed by atoms with van der Waals surface area (Å²) >= 11 is 0. The number of nitrogens with zero attached hydrogens (tertiary/aromatic N) is 3. The maximum atomic E-state index is 11.3. The first-order chi connectivity index (χ1) is 12.5. The molecule has 5 N–H and O–H groups in total. The molecule has 0 radical (unpaired) electrons. The summed E-state index contributed by atoms with van der Waals surface area (Å²) in [5.41, 5.74) is 12.0. The summed E-state index contributed by atoms with van der Waals surface area (Å²) in [6, 6.07) is 10.4. The Bertz CT molecular complexity index is 819. The number of ether oxygens (including phenoxy) is 1. The Labute approximate surface area is 152 Å². The molecule has 0 fully saturated rings. The fraction of sp³-hybridized carbons (Fsp3) is 0.222. The van der Waals surface area contributed by atoms with Crippen LogP contribution >= 0.6 is 0 Å². The number of para-hydroxylation sites is 1. The Morgan fingerprint density at radius 1 is 1.23 bits per heavy atom. The number of azo groups is 1. The molecule has 0 unspecified atom stereocenters. The van der Waals surface area contributed by atoms with Crippen molar-refractivity contribution in [1.82, 2.24) is 4.98 Å². The largest absolute Gasteiger partial charge is 0.460 e. The molecule has 0 bridgehead atoms. The minimum absolute atomic E-state index is 0.136. The number of carbonyl (C=O) groups excluding carboxylic acids is 1. The third kappa shape index (κ3) is 5.38. The summed E-state index contributed by atoms with van der Waals surface area (Å²) in [6.07, 6.45) is 1.70. The fourth-order valence-corrected chi connectivity index (χ4v) is 2.03. The van der Waals surface area contributed by atoms with Gasteiger partial charge in [-0.25, -0.2) is 4.98 Å². The van der Waals surface area contributed by atoms with Crippen molar-refractivity contribution in [2.24, 2.45) is 16.0 Å². The van der Waals surface area contributed by atoms with Crippen LogP contribution in [0.15, 0.2) is 59.0 Å². The molecule has 2 rings (SSSR count). The average molecular weight is 354 g/mol. The lowest BCUT2D eigenvalue weighted by Gasteiger charge is -2.09. The Balaban J connectivity index is 2.17. The van der Waals surface area contributed by atoms with Gasteiger partial charge in [0.15, 0.2) is 11.6 Å². The predicted molar refractivity (Wildman–Crippen MR) is 102 cm³/mol. The number of rotatable bonds is 8. The van der Waals surface area contributed by atoms with Crippen molar-refractivity contribution in [3.63, 3.8) is 0 Å². The lowest BCUT2D eigenvalue weighted by Crippen LogP contribution is -2.22. The molecule has 1 aromatic carbocycles. The number of hydrogen-bond donors (Lipinski definition) is 3. The molecule has 2 aromatic rings. The highest BCUT2D eigenvalue weighted by Crippen LogP contribution is 2.31. The zero-order valence-corrected chi connectivity index (χ0v) is 14.6. The summed E-state index contributed by atoms with van der Waals surface area (Å²) < 4.78 is 5.73. The molecule has 0 aliphatic carbocycles. The maximum Gasteiger partial charge on any atom is 0.239 e. The Kier molecular flexibility index (Phi) is 6.81. The zero-order valence-electron chi connectivity index (χ0n) is 14.6. The van der Waals surface area contributed by atoms with Crippen LogP contribution in [0.25, 0.3) is 0 Å². The van der Waals surface area contributed by atoms with Crippen molar-refractivity contribution >= 4 is 28.9 Å². The first-order valence-electron chi connectivity index (χ1n) is 8.16. The molecule has 0 saturated heterocycles. The molecule has 0 spiro atoms. The van der Waals surface area contributed by atoms with Gasteiger partial charge in [-0.3, -0.25) is 4.79 Å². The lowest BCUT2D eigenvalue weighted by atomic mass is 10.3. The van der Waals surface area contributed by atoms with Crippen molar-refractivity contribution in [2.75, 3.05) is 17.6 Å². The zero-order chi connectivity index (χ0) is 18.9. The first-order valence-corrected chi connectivity index (χ1v) is 8.16. The summed E-state index contributed by atoms with van der Waals surface area (Å²) in [6.45, 7) is 5.80. The summed E-state index contributed by atoms with van der Waals surface area (Å²) in [5.74, 6) is 1.31. The highest BCUT2D eigenvalue weighted by atomic mass is 16.5. The van der Waals surface area contributed by atoms with E-state index in [1.165, 1.54) is 0 Å². The smallest absolute Gasteiger partial charge is 0.239 e. The number of nitrogens with one attached hydrogen (secondary N) is 1. The molecule has 0 aliphatic heterocycles. The molecule has 1 heterocycles. The van der Waals surface area contributed by atoms with Gasteiger partial charge in [-0.1, -0.05) is 25.6 Å². The van der Waals surface area contributed by atoms with E-state index in [0.717, 1.165) is 12.8 Å². The van der Waals surface area contributed by atoms with E-state index in [1.54, 1.807) is 24.3 Å². The molecule has 0 atom stereocenters. The normalized spacial score (nSPS) is 10.7. The first kappa shape index (κ1) is 19.1. The van der Waals surface area contributed by atoms with Crippen LogP contribution in [-0.4, -0.2) is 17.4 Å². The minimum atomic E-state index is -0.357.